The topological polar surface area (TPSA) is 72.4 Å². The van der Waals surface area contributed by atoms with Gasteiger partial charge in [-0.05, 0) is 20.8 Å². The first kappa shape index (κ1) is 20.2. The summed E-state index contributed by atoms with van der Waals surface area (Å²) in [5.74, 6) is 0.174. The number of alkyl halides is 1. The van der Waals surface area contributed by atoms with Crippen molar-refractivity contribution in [2.75, 3.05) is 27.0 Å². The van der Waals surface area contributed by atoms with Gasteiger partial charge in [-0.1, -0.05) is 34.8 Å². The summed E-state index contributed by atoms with van der Waals surface area (Å²) in [4.78, 5) is 17.0. The van der Waals surface area contributed by atoms with Crippen molar-refractivity contribution in [3.63, 3.8) is 0 Å². The zero-order valence-corrected chi connectivity index (χ0v) is 15.6. The molecule has 0 spiro atoms. The Kier molecular flexibility index (Phi) is 7.73. The Morgan fingerprint density at radius 1 is 1.39 bits per heavy atom. The lowest BCUT2D eigenvalue weighted by Gasteiger charge is -2.30. The van der Waals surface area contributed by atoms with Crippen molar-refractivity contribution in [1.29, 1.82) is 0 Å². The van der Waals surface area contributed by atoms with Crippen LogP contribution in [-0.4, -0.2) is 54.4 Å². The van der Waals surface area contributed by atoms with Gasteiger partial charge in [0.15, 0.2) is 16.1 Å². The molecule has 1 aliphatic heterocycles. The maximum atomic E-state index is 11.5. The molecule has 1 heterocycles. The number of rotatable bonds is 6. The smallest absolute Gasteiger partial charge is 0.407 e. The minimum atomic E-state index is -0.776. The summed E-state index contributed by atoms with van der Waals surface area (Å²) < 4.78 is 15.6. The molecule has 0 aromatic rings. The van der Waals surface area contributed by atoms with E-state index in [1.807, 2.05) is 0 Å². The van der Waals surface area contributed by atoms with Crippen LogP contribution in [0.4, 0.5) is 4.79 Å². The highest BCUT2D eigenvalue weighted by Gasteiger charge is 2.28. The number of aliphatic imine (C=N–C) groups is 1. The Hall–Kier alpha value is -0.890. The molecule has 0 fully saturated rings. The van der Waals surface area contributed by atoms with Crippen LogP contribution in [0.1, 0.15) is 20.8 Å². The summed E-state index contributed by atoms with van der Waals surface area (Å²) in [6, 6.07) is 0. The van der Waals surface area contributed by atoms with E-state index in [0.717, 1.165) is 0 Å². The molecular formula is C13H20Cl3N3O4. The van der Waals surface area contributed by atoms with Gasteiger partial charge in [0.05, 0.1) is 6.54 Å². The molecule has 1 unspecified atom stereocenters. The molecule has 1 amide bonds. The first-order chi connectivity index (χ1) is 10.7. The van der Waals surface area contributed by atoms with Crippen molar-refractivity contribution < 1.29 is 19.0 Å². The molecule has 1 rings (SSSR count). The van der Waals surface area contributed by atoms with Crippen LogP contribution in [0.15, 0.2) is 15.9 Å². The molecule has 0 saturated heterocycles. The van der Waals surface area contributed by atoms with E-state index in [9.17, 15) is 4.79 Å². The van der Waals surface area contributed by atoms with E-state index in [4.69, 9.17) is 49.0 Å². The summed E-state index contributed by atoms with van der Waals surface area (Å²) in [5, 5.41) is 2.79. The fourth-order valence-electron chi connectivity index (χ4n) is 1.53. The average Bonchev–Trinajstić information content (AvgIpc) is 2.40. The molecule has 1 aliphatic rings. The fourth-order valence-corrected chi connectivity index (χ4v) is 2.45. The Labute approximate surface area is 150 Å². The molecule has 0 aliphatic carbocycles. The Morgan fingerprint density at radius 2 is 2.04 bits per heavy atom. The highest BCUT2D eigenvalue weighted by atomic mass is 35.5. The molecule has 10 heteroatoms. The van der Waals surface area contributed by atoms with Gasteiger partial charge in [0, 0.05) is 7.11 Å². The third kappa shape index (κ3) is 6.63. The van der Waals surface area contributed by atoms with E-state index < -0.39 is 17.3 Å². The van der Waals surface area contributed by atoms with E-state index >= 15 is 0 Å². The van der Waals surface area contributed by atoms with Crippen LogP contribution in [0.5, 0.6) is 0 Å². The van der Waals surface area contributed by atoms with Crippen LogP contribution < -0.4 is 5.32 Å². The SMILES string of the molecule is COCN1C(Cl)=C(OCCNC(=O)OC(C)(C)C)C(Cl)=NC1Cl. The van der Waals surface area contributed by atoms with Crippen LogP contribution in [0.3, 0.4) is 0 Å². The number of alkyl carbamates (subject to hydrolysis) is 1. The molecule has 0 saturated carbocycles. The Morgan fingerprint density at radius 3 is 2.61 bits per heavy atom. The molecule has 0 bridgehead atoms. The maximum absolute atomic E-state index is 11.5. The summed E-state index contributed by atoms with van der Waals surface area (Å²) in [6.45, 7) is 5.80. The van der Waals surface area contributed by atoms with Gasteiger partial charge in [0.25, 0.3) is 0 Å². The second-order valence-corrected chi connectivity index (χ2v) is 6.62. The van der Waals surface area contributed by atoms with Crippen LogP contribution in [0.25, 0.3) is 0 Å². The van der Waals surface area contributed by atoms with Gasteiger partial charge in [-0.15, -0.1) is 0 Å². The number of ether oxygens (including phenoxy) is 3. The number of hydrogen-bond acceptors (Lipinski definition) is 6. The van der Waals surface area contributed by atoms with Gasteiger partial charge in [-0.3, -0.25) is 0 Å². The third-order valence-corrected chi connectivity index (χ3v) is 3.38. The summed E-state index contributed by atoms with van der Waals surface area (Å²) in [5.41, 5.74) is -1.34. The molecule has 23 heavy (non-hydrogen) atoms. The van der Waals surface area contributed by atoms with Gasteiger partial charge in [0.1, 0.15) is 18.9 Å². The Bertz CT molecular complexity index is 491. The molecular weight excluding hydrogens is 369 g/mol. The quantitative estimate of drug-likeness (QED) is 0.430. The zero-order valence-electron chi connectivity index (χ0n) is 13.4. The normalized spacial score (nSPS) is 18.7. The number of allylic oxidation sites excluding steroid dienone is 1. The highest BCUT2D eigenvalue weighted by molar-refractivity contribution is 6.70. The lowest BCUT2D eigenvalue weighted by Crippen LogP contribution is -2.36. The Balaban J connectivity index is 2.52. The standard InChI is InChI=1S/C13H20Cl3N3O4/c1-13(2,3)23-12(20)17-5-6-22-8-9(14)18-11(16)19(7-21-4)10(8)15/h11H,5-7H2,1-4H3,(H,17,20). The maximum Gasteiger partial charge on any atom is 0.407 e. The summed E-state index contributed by atoms with van der Waals surface area (Å²) >= 11 is 18.2. The number of nitrogens with zero attached hydrogens (tertiary/aromatic N) is 2. The minimum absolute atomic E-state index is 0.0552. The van der Waals surface area contributed by atoms with E-state index in [1.54, 1.807) is 20.8 Å². The van der Waals surface area contributed by atoms with E-state index in [0.29, 0.717) is 0 Å². The van der Waals surface area contributed by atoms with Gasteiger partial charge >= 0.3 is 6.09 Å². The van der Waals surface area contributed by atoms with E-state index in [-0.39, 0.29) is 36.0 Å². The minimum Gasteiger partial charge on any atom is -0.486 e. The number of hydrogen-bond donors (Lipinski definition) is 1. The number of methoxy groups -OCH3 is 1. The van der Waals surface area contributed by atoms with Crippen molar-refractivity contribution in [3.8, 4) is 0 Å². The number of carbonyl (C=O) groups is 1. The number of nitrogens with one attached hydrogen (secondary N) is 1. The van der Waals surface area contributed by atoms with Crippen molar-refractivity contribution in [2.24, 2.45) is 4.99 Å². The number of carbonyl (C=O) groups excluding carboxylic acids is 1. The van der Waals surface area contributed by atoms with Gasteiger partial charge in [-0.2, -0.15) is 0 Å². The largest absolute Gasteiger partial charge is 0.486 e. The van der Waals surface area contributed by atoms with E-state index in [1.165, 1.54) is 12.0 Å². The second kappa shape index (κ2) is 8.82. The summed E-state index contributed by atoms with van der Waals surface area (Å²) in [6.07, 6.45) is -0.536. The molecule has 1 N–H and O–H groups in total. The van der Waals surface area contributed by atoms with Crippen LogP contribution >= 0.6 is 34.8 Å². The van der Waals surface area contributed by atoms with Crippen molar-refractivity contribution >= 4 is 46.1 Å². The lowest BCUT2D eigenvalue weighted by atomic mass is 10.2. The van der Waals surface area contributed by atoms with E-state index in [2.05, 4.69) is 10.3 Å². The van der Waals surface area contributed by atoms with Crippen molar-refractivity contribution in [3.05, 3.63) is 10.9 Å². The third-order valence-electron chi connectivity index (χ3n) is 2.39. The van der Waals surface area contributed by atoms with Gasteiger partial charge < -0.3 is 24.4 Å². The molecule has 0 aromatic carbocycles. The summed E-state index contributed by atoms with van der Waals surface area (Å²) in [7, 11) is 1.50. The van der Waals surface area contributed by atoms with Crippen LogP contribution in [0.2, 0.25) is 0 Å². The van der Waals surface area contributed by atoms with Crippen molar-refractivity contribution in [1.82, 2.24) is 10.2 Å². The number of amides is 1. The van der Waals surface area contributed by atoms with Gasteiger partial charge in [0.2, 0.25) is 5.62 Å². The monoisotopic (exact) mass is 387 g/mol. The molecule has 0 aromatic heterocycles. The predicted molar refractivity (Wildman–Crippen MR) is 89.7 cm³/mol. The average molecular weight is 389 g/mol. The first-order valence-electron chi connectivity index (χ1n) is 6.78. The predicted octanol–water partition coefficient (Wildman–Crippen LogP) is 3.01. The second-order valence-electron chi connectivity index (χ2n) is 5.52. The molecule has 0 radical (unpaired) electrons. The first-order valence-corrected chi connectivity index (χ1v) is 7.97. The lowest BCUT2D eigenvalue weighted by molar-refractivity contribution is 0.0512. The molecule has 132 valence electrons. The van der Waals surface area contributed by atoms with Crippen molar-refractivity contribution in [2.45, 2.75) is 32.0 Å². The van der Waals surface area contributed by atoms with Crippen LogP contribution in [-0.2, 0) is 14.2 Å². The molecule has 1 atom stereocenters. The van der Waals surface area contributed by atoms with Crippen LogP contribution in [0, 0.1) is 0 Å². The van der Waals surface area contributed by atoms with Gasteiger partial charge in [-0.25, -0.2) is 9.79 Å². The fraction of sp³-hybridized carbons (Fsp3) is 0.692. The molecule has 7 nitrogen and oxygen atoms in total. The number of halogens is 3. The highest BCUT2D eigenvalue weighted by Crippen LogP contribution is 2.28. The zero-order chi connectivity index (χ0) is 17.6.